The lowest BCUT2D eigenvalue weighted by Crippen LogP contribution is -2.57. The highest BCUT2D eigenvalue weighted by Crippen LogP contribution is 2.19. The molecule has 1 heterocycles. The van der Waals surface area contributed by atoms with Crippen LogP contribution in [-0.4, -0.2) is 81.5 Å². The molecule has 0 bridgehead atoms. The summed E-state index contributed by atoms with van der Waals surface area (Å²) < 4.78 is 0. The van der Waals surface area contributed by atoms with Gasteiger partial charge >= 0.3 is 11.9 Å². The lowest BCUT2D eigenvalue weighted by atomic mass is 10.0. The van der Waals surface area contributed by atoms with Gasteiger partial charge in [-0.15, -0.1) is 0 Å². The van der Waals surface area contributed by atoms with Gasteiger partial charge in [-0.1, -0.05) is 18.2 Å². The summed E-state index contributed by atoms with van der Waals surface area (Å²) >= 11 is 0. The number of guanidine groups is 1. The van der Waals surface area contributed by atoms with Crippen LogP contribution >= 0.6 is 0 Å². The number of H-pyrrole nitrogens is 1. The molecule has 0 fully saturated rings. The van der Waals surface area contributed by atoms with Crippen molar-refractivity contribution in [2.45, 2.75) is 56.8 Å². The van der Waals surface area contributed by atoms with Gasteiger partial charge in [0.1, 0.15) is 18.1 Å². The van der Waals surface area contributed by atoms with Gasteiger partial charge in [0.25, 0.3) is 0 Å². The number of amides is 3. The Morgan fingerprint density at radius 3 is 2.18 bits per heavy atom. The number of aliphatic imine (C=N–C) groups is 1. The van der Waals surface area contributed by atoms with Crippen molar-refractivity contribution >= 4 is 46.5 Å². The highest BCUT2D eigenvalue weighted by molar-refractivity contribution is 5.95. The number of nitrogens with two attached hydrogens (primary N) is 3. The highest BCUT2D eigenvalue weighted by Gasteiger charge is 2.31. The molecule has 2 rings (SSSR count). The Morgan fingerprint density at radius 2 is 1.56 bits per heavy atom. The van der Waals surface area contributed by atoms with E-state index in [1.54, 1.807) is 12.3 Å². The molecule has 1 aromatic carbocycles. The smallest absolute Gasteiger partial charge is 0.326 e. The average Bonchev–Trinajstić information content (AvgIpc) is 3.27. The van der Waals surface area contributed by atoms with Gasteiger partial charge in [0.15, 0.2) is 5.96 Å². The first-order valence-corrected chi connectivity index (χ1v) is 12.1. The van der Waals surface area contributed by atoms with Crippen LogP contribution in [0.5, 0.6) is 0 Å². The summed E-state index contributed by atoms with van der Waals surface area (Å²) in [5, 5.41) is 26.8. The second-order valence-electron chi connectivity index (χ2n) is 8.92. The minimum Gasteiger partial charge on any atom is -0.481 e. The molecule has 4 atom stereocenters. The van der Waals surface area contributed by atoms with E-state index < -0.39 is 60.2 Å². The lowest BCUT2D eigenvalue weighted by Gasteiger charge is -2.24. The first-order valence-electron chi connectivity index (χ1n) is 12.1. The number of nitrogens with one attached hydrogen (secondary N) is 4. The summed E-state index contributed by atoms with van der Waals surface area (Å²) in [4.78, 5) is 68.3. The number of aliphatic carboxylic acids is 2. The molecule has 15 heteroatoms. The second-order valence-corrected chi connectivity index (χ2v) is 8.92. The van der Waals surface area contributed by atoms with Gasteiger partial charge in [-0.2, -0.15) is 0 Å². The van der Waals surface area contributed by atoms with Crippen molar-refractivity contribution in [3.63, 3.8) is 0 Å². The molecule has 12 N–H and O–H groups in total. The van der Waals surface area contributed by atoms with Crippen LogP contribution in [0.25, 0.3) is 10.9 Å². The van der Waals surface area contributed by atoms with Crippen molar-refractivity contribution in [2.75, 3.05) is 6.54 Å². The van der Waals surface area contributed by atoms with Crippen LogP contribution in [0.15, 0.2) is 35.5 Å². The molecular formula is C24H34N8O7. The third-order valence-corrected chi connectivity index (χ3v) is 5.72. The van der Waals surface area contributed by atoms with Crippen molar-refractivity contribution in [3.05, 3.63) is 36.0 Å². The minimum atomic E-state index is -1.53. The standard InChI is InChI=1S/C24H34N8O7/c1-12(25)20(35)31-17(10-19(33)34)22(37)30-16(7-4-8-28-24(26)27)21(36)32-18(23(38)39)9-13-11-29-15-6-3-2-5-14(13)15/h2-3,5-6,11-12,16-18,29H,4,7-10,25H2,1H3,(H,30,37)(H,31,35)(H,32,36)(H,33,34)(H,38,39)(H4,26,27,28). The van der Waals surface area contributed by atoms with E-state index in [2.05, 4.69) is 25.9 Å². The molecule has 1 aromatic heterocycles. The number of rotatable bonds is 15. The van der Waals surface area contributed by atoms with Gasteiger partial charge < -0.3 is 48.3 Å². The van der Waals surface area contributed by atoms with Crippen molar-refractivity contribution in [1.82, 2.24) is 20.9 Å². The second kappa shape index (κ2) is 14.3. The molecule has 0 saturated heterocycles. The summed E-state index contributed by atoms with van der Waals surface area (Å²) in [5.74, 6) is -5.41. The predicted octanol–water partition coefficient (Wildman–Crippen LogP) is -1.88. The van der Waals surface area contributed by atoms with Crippen LogP contribution in [0, 0.1) is 0 Å². The van der Waals surface area contributed by atoms with Gasteiger partial charge in [-0.25, -0.2) is 4.79 Å². The summed E-state index contributed by atoms with van der Waals surface area (Å²) in [7, 11) is 0. The molecule has 15 nitrogen and oxygen atoms in total. The van der Waals surface area contributed by atoms with Gasteiger partial charge in [0.05, 0.1) is 12.5 Å². The number of carbonyl (C=O) groups is 5. The molecular weight excluding hydrogens is 512 g/mol. The van der Waals surface area contributed by atoms with Crippen molar-refractivity contribution in [3.8, 4) is 0 Å². The van der Waals surface area contributed by atoms with Gasteiger partial charge in [-0.3, -0.25) is 24.2 Å². The average molecular weight is 547 g/mol. The Bertz CT molecular complexity index is 1220. The van der Waals surface area contributed by atoms with E-state index in [0.717, 1.165) is 10.9 Å². The van der Waals surface area contributed by atoms with E-state index in [4.69, 9.17) is 17.2 Å². The number of benzene rings is 1. The lowest BCUT2D eigenvalue weighted by molar-refractivity contribution is -0.143. The number of carboxylic acid groups (broad SMARTS) is 2. The Kier molecular flexibility index (Phi) is 11.2. The molecule has 4 unspecified atom stereocenters. The molecule has 0 aliphatic carbocycles. The zero-order valence-corrected chi connectivity index (χ0v) is 21.3. The van der Waals surface area contributed by atoms with Crippen LogP contribution in [-0.2, 0) is 30.4 Å². The summed E-state index contributed by atoms with van der Waals surface area (Å²) in [6.45, 7) is 1.46. The van der Waals surface area contributed by atoms with Crippen molar-refractivity contribution in [2.24, 2.45) is 22.2 Å². The predicted molar refractivity (Wildman–Crippen MR) is 141 cm³/mol. The van der Waals surface area contributed by atoms with Crippen LogP contribution in [0.2, 0.25) is 0 Å². The first-order chi connectivity index (χ1) is 18.4. The third-order valence-electron chi connectivity index (χ3n) is 5.72. The third kappa shape index (κ3) is 9.62. The normalized spacial score (nSPS) is 13.9. The molecule has 0 aliphatic heterocycles. The molecule has 39 heavy (non-hydrogen) atoms. The Labute approximate surface area is 223 Å². The van der Waals surface area contributed by atoms with E-state index >= 15 is 0 Å². The SMILES string of the molecule is CC(N)C(=O)NC(CC(=O)O)C(=O)NC(CCCN=C(N)N)C(=O)NC(Cc1c[nH]c2ccccc12)C(=O)O. The molecule has 3 amide bonds. The fourth-order valence-electron chi connectivity index (χ4n) is 3.72. The number of aromatic amines is 1. The largest absolute Gasteiger partial charge is 0.481 e. The van der Waals surface area contributed by atoms with Crippen LogP contribution in [0.3, 0.4) is 0 Å². The monoisotopic (exact) mass is 546 g/mol. The Morgan fingerprint density at radius 1 is 0.949 bits per heavy atom. The van der Waals surface area contributed by atoms with Crippen molar-refractivity contribution in [1.29, 1.82) is 0 Å². The minimum absolute atomic E-state index is 0.0190. The first kappa shape index (κ1) is 30.6. The number of nitrogens with zero attached hydrogens (tertiary/aromatic N) is 1. The maximum Gasteiger partial charge on any atom is 0.326 e. The Balaban J connectivity index is 2.22. The summed E-state index contributed by atoms with van der Waals surface area (Å²) in [5.41, 5.74) is 17.6. The van der Waals surface area contributed by atoms with Gasteiger partial charge in [-0.05, 0) is 31.4 Å². The molecule has 0 aliphatic rings. The zero-order chi connectivity index (χ0) is 29.1. The highest BCUT2D eigenvalue weighted by atomic mass is 16.4. The van der Waals surface area contributed by atoms with Crippen LogP contribution in [0.1, 0.15) is 31.7 Å². The maximum atomic E-state index is 13.2. The van der Waals surface area contributed by atoms with Crippen LogP contribution < -0.4 is 33.2 Å². The van der Waals surface area contributed by atoms with Crippen molar-refractivity contribution < 1.29 is 34.2 Å². The molecule has 0 radical (unpaired) electrons. The van der Waals surface area contributed by atoms with Gasteiger partial charge in [0.2, 0.25) is 17.7 Å². The van der Waals surface area contributed by atoms with E-state index in [-0.39, 0.29) is 31.8 Å². The number of hydrogen-bond acceptors (Lipinski definition) is 7. The summed E-state index contributed by atoms with van der Waals surface area (Å²) in [6, 6.07) is 2.07. The number of carbonyl (C=O) groups excluding carboxylic acids is 3. The number of para-hydroxylation sites is 1. The van der Waals surface area contributed by atoms with E-state index in [9.17, 15) is 34.2 Å². The Hall–Kier alpha value is -4.66. The van der Waals surface area contributed by atoms with E-state index in [1.807, 2.05) is 18.2 Å². The zero-order valence-electron chi connectivity index (χ0n) is 21.3. The molecule has 0 spiro atoms. The van der Waals surface area contributed by atoms with Crippen LogP contribution in [0.4, 0.5) is 0 Å². The topological polar surface area (TPSA) is 268 Å². The number of carboxylic acids is 2. The van der Waals surface area contributed by atoms with E-state index in [0.29, 0.717) is 5.56 Å². The summed E-state index contributed by atoms with van der Waals surface area (Å²) in [6.07, 6.45) is 1.02. The number of hydrogen-bond donors (Lipinski definition) is 9. The molecule has 212 valence electrons. The van der Waals surface area contributed by atoms with Gasteiger partial charge in [0, 0.05) is 30.1 Å². The number of fused-ring (bicyclic) bond motifs is 1. The maximum absolute atomic E-state index is 13.2. The fraction of sp³-hybridized carbons (Fsp3) is 0.417. The molecule has 0 saturated carbocycles. The van der Waals surface area contributed by atoms with E-state index in [1.165, 1.54) is 6.92 Å². The quantitative estimate of drug-likeness (QED) is 0.0681. The number of aromatic nitrogens is 1. The fourth-order valence-corrected chi connectivity index (χ4v) is 3.72. The molecule has 2 aromatic rings.